The van der Waals surface area contributed by atoms with Gasteiger partial charge in [-0.15, -0.1) is 0 Å². The van der Waals surface area contributed by atoms with E-state index >= 15 is 0 Å². The average molecular weight is 569 g/mol. The standard InChI is InChI=1S/C32H28N2O8/c1-34(2)26-21-12-15-11-20-19(18-8-7-14(13-35)16-5-3-4-6-17(16)18)9-10-22(36)24(20)27(37)23(15)29(39)32(21,42)30(40)25(28(26)38)31(33)41/h3-10,13,15,21,23,25-26,36,42H,11-12H2,1-2H3,(H2,33,41)/t15-,21-,23?,25?,26-,32-/m1/s1. The van der Waals surface area contributed by atoms with Gasteiger partial charge in [0.15, 0.2) is 40.9 Å². The monoisotopic (exact) mass is 568 g/mol. The van der Waals surface area contributed by atoms with E-state index in [2.05, 4.69) is 0 Å². The smallest absolute Gasteiger partial charge is 0.235 e. The summed E-state index contributed by atoms with van der Waals surface area (Å²) in [4.78, 5) is 80.0. The van der Waals surface area contributed by atoms with Gasteiger partial charge in [0.1, 0.15) is 5.75 Å². The summed E-state index contributed by atoms with van der Waals surface area (Å²) >= 11 is 0. The molecule has 10 heteroatoms. The van der Waals surface area contributed by atoms with E-state index in [1.807, 2.05) is 24.3 Å². The number of hydrogen-bond donors (Lipinski definition) is 3. The van der Waals surface area contributed by atoms with Crippen LogP contribution in [0.3, 0.4) is 0 Å². The number of amides is 1. The first-order chi connectivity index (χ1) is 19.9. The SMILES string of the molecule is CN(C)[C@H]1C(=O)C(C(N)=O)C(=O)[C@]2(O)C(=O)C3C(=O)c4c(O)ccc(-c5ccc(C=O)c6ccccc56)c4C[C@@H]3C[C@H]12. The summed E-state index contributed by atoms with van der Waals surface area (Å²) in [6.45, 7) is 0. The number of aliphatic hydroxyl groups is 1. The van der Waals surface area contributed by atoms with Gasteiger partial charge in [0.2, 0.25) is 5.91 Å². The second kappa shape index (κ2) is 9.50. The molecule has 3 aliphatic rings. The quantitative estimate of drug-likeness (QED) is 0.311. The Morgan fingerprint density at radius 1 is 0.976 bits per heavy atom. The van der Waals surface area contributed by atoms with Gasteiger partial charge in [0, 0.05) is 11.5 Å². The number of Topliss-reactive ketones (excluding diaryl/α,β-unsaturated/α-hetero) is 4. The van der Waals surface area contributed by atoms with Crippen molar-refractivity contribution in [1.82, 2.24) is 4.90 Å². The Morgan fingerprint density at radius 3 is 2.29 bits per heavy atom. The minimum absolute atomic E-state index is 0.0379. The number of carbonyl (C=O) groups is 6. The van der Waals surface area contributed by atoms with Crippen molar-refractivity contribution in [3.8, 4) is 16.9 Å². The third-order valence-electron chi connectivity index (χ3n) is 9.32. The summed E-state index contributed by atoms with van der Waals surface area (Å²) in [5, 5.41) is 24.1. The fraction of sp³-hybridized carbons (Fsp3) is 0.312. The van der Waals surface area contributed by atoms with Crippen molar-refractivity contribution in [1.29, 1.82) is 0 Å². The van der Waals surface area contributed by atoms with Crippen molar-refractivity contribution in [2.24, 2.45) is 29.4 Å². The molecule has 0 aliphatic heterocycles. The van der Waals surface area contributed by atoms with Crippen LogP contribution in [0.2, 0.25) is 0 Å². The van der Waals surface area contributed by atoms with Crippen LogP contribution in [0.4, 0.5) is 0 Å². The molecule has 0 bridgehead atoms. The van der Waals surface area contributed by atoms with Gasteiger partial charge in [-0.3, -0.25) is 33.7 Å². The highest BCUT2D eigenvalue weighted by atomic mass is 16.3. The number of benzene rings is 3. The number of fused-ring (bicyclic) bond motifs is 4. The maximum absolute atomic E-state index is 14.0. The van der Waals surface area contributed by atoms with E-state index in [9.17, 15) is 39.0 Å². The highest BCUT2D eigenvalue weighted by Gasteiger charge is 2.69. The number of carbonyl (C=O) groups excluding carboxylic acids is 6. The number of rotatable bonds is 4. The molecule has 3 aromatic carbocycles. The summed E-state index contributed by atoms with van der Waals surface area (Å²) in [5.41, 5.74) is 4.85. The molecule has 1 amide bonds. The zero-order valence-corrected chi connectivity index (χ0v) is 22.9. The molecule has 0 heterocycles. The number of nitrogens with zero attached hydrogens (tertiary/aromatic N) is 1. The van der Waals surface area contributed by atoms with Gasteiger partial charge in [-0.25, -0.2) is 0 Å². The van der Waals surface area contributed by atoms with E-state index in [1.165, 1.54) is 11.0 Å². The number of nitrogens with two attached hydrogens (primary N) is 1. The maximum Gasteiger partial charge on any atom is 0.235 e. The number of primary amides is 1. The third kappa shape index (κ3) is 3.58. The molecule has 6 rings (SSSR count). The summed E-state index contributed by atoms with van der Waals surface area (Å²) in [6.07, 6.45) is 0.862. The predicted molar refractivity (Wildman–Crippen MR) is 150 cm³/mol. The number of phenolic OH excluding ortho intramolecular Hbond substituents is 1. The van der Waals surface area contributed by atoms with E-state index in [0.717, 1.165) is 17.2 Å². The molecule has 3 aromatic rings. The molecule has 0 spiro atoms. The molecule has 4 N–H and O–H groups in total. The van der Waals surface area contributed by atoms with Crippen LogP contribution in [-0.2, 0) is 25.6 Å². The third-order valence-corrected chi connectivity index (χ3v) is 9.32. The Morgan fingerprint density at radius 2 is 1.64 bits per heavy atom. The molecule has 214 valence electrons. The Bertz CT molecular complexity index is 1760. The van der Waals surface area contributed by atoms with Gasteiger partial charge in [0.05, 0.1) is 17.5 Å². The van der Waals surface area contributed by atoms with Crippen molar-refractivity contribution in [2.75, 3.05) is 14.1 Å². The van der Waals surface area contributed by atoms with E-state index in [-0.39, 0.29) is 24.2 Å². The van der Waals surface area contributed by atoms with Crippen molar-refractivity contribution >= 4 is 46.1 Å². The van der Waals surface area contributed by atoms with Crippen molar-refractivity contribution < 1.29 is 39.0 Å². The number of ketones is 4. The molecule has 0 aromatic heterocycles. The number of aromatic hydroxyl groups is 1. The zero-order chi connectivity index (χ0) is 30.2. The lowest BCUT2D eigenvalue weighted by molar-refractivity contribution is -0.181. The molecular formula is C32H28N2O8. The average Bonchev–Trinajstić information content (AvgIpc) is 2.94. The molecule has 2 saturated carbocycles. The second-order valence-electron chi connectivity index (χ2n) is 11.6. The molecule has 6 atom stereocenters. The first-order valence-corrected chi connectivity index (χ1v) is 13.6. The fourth-order valence-corrected chi connectivity index (χ4v) is 7.52. The lowest BCUT2D eigenvalue weighted by Gasteiger charge is -2.52. The van der Waals surface area contributed by atoms with Crippen LogP contribution >= 0.6 is 0 Å². The van der Waals surface area contributed by atoms with Crippen molar-refractivity contribution in [2.45, 2.75) is 24.5 Å². The van der Waals surface area contributed by atoms with Crippen LogP contribution in [0.15, 0.2) is 48.5 Å². The summed E-state index contributed by atoms with van der Waals surface area (Å²) in [7, 11) is 3.08. The lowest BCUT2D eigenvalue weighted by atomic mass is 9.52. The molecule has 10 nitrogen and oxygen atoms in total. The van der Waals surface area contributed by atoms with E-state index in [4.69, 9.17) is 5.73 Å². The number of hydrogen-bond acceptors (Lipinski definition) is 9. The molecule has 42 heavy (non-hydrogen) atoms. The fourth-order valence-electron chi connectivity index (χ4n) is 7.52. The van der Waals surface area contributed by atoms with Gasteiger partial charge in [0.25, 0.3) is 0 Å². The highest BCUT2D eigenvalue weighted by molar-refractivity contribution is 6.32. The normalized spacial score (nSPS) is 28.8. The van der Waals surface area contributed by atoms with Crippen LogP contribution < -0.4 is 5.73 Å². The Labute approximate surface area is 240 Å². The van der Waals surface area contributed by atoms with E-state index < -0.39 is 64.4 Å². The number of phenols is 1. The second-order valence-corrected chi connectivity index (χ2v) is 11.6. The van der Waals surface area contributed by atoms with Gasteiger partial charge in [-0.1, -0.05) is 42.5 Å². The van der Waals surface area contributed by atoms with Crippen LogP contribution in [0, 0.1) is 23.7 Å². The molecule has 3 aliphatic carbocycles. The van der Waals surface area contributed by atoms with Crippen LogP contribution in [0.25, 0.3) is 21.9 Å². The van der Waals surface area contributed by atoms with Gasteiger partial charge >= 0.3 is 0 Å². The molecule has 0 saturated heterocycles. The highest BCUT2D eigenvalue weighted by Crippen LogP contribution is 2.52. The molecule has 2 unspecified atom stereocenters. The summed E-state index contributed by atoms with van der Waals surface area (Å²) < 4.78 is 0. The zero-order valence-electron chi connectivity index (χ0n) is 22.9. The van der Waals surface area contributed by atoms with Gasteiger partial charge in [-0.2, -0.15) is 0 Å². The number of aldehydes is 1. The van der Waals surface area contributed by atoms with E-state index in [0.29, 0.717) is 22.1 Å². The lowest BCUT2D eigenvalue weighted by Crippen LogP contribution is -2.74. The summed E-state index contributed by atoms with van der Waals surface area (Å²) in [6, 6.07) is 12.6. The van der Waals surface area contributed by atoms with Crippen LogP contribution in [-0.4, -0.2) is 76.2 Å². The Balaban J connectivity index is 1.53. The largest absolute Gasteiger partial charge is 0.507 e. The first kappa shape index (κ1) is 27.6. The van der Waals surface area contributed by atoms with Crippen molar-refractivity contribution in [3.05, 3.63) is 65.2 Å². The minimum Gasteiger partial charge on any atom is -0.507 e. The molecule has 2 fully saturated rings. The molecular weight excluding hydrogens is 540 g/mol. The minimum atomic E-state index is -2.77. The Hall–Kier alpha value is -4.54. The van der Waals surface area contributed by atoms with Gasteiger partial charge < -0.3 is 15.9 Å². The van der Waals surface area contributed by atoms with Gasteiger partial charge in [-0.05, 0) is 66.4 Å². The van der Waals surface area contributed by atoms with Crippen molar-refractivity contribution in [3.63, 3.8) is 0 Å². The van der Waals surface area contributed by atoms with Crippen LogP contribution in [0.5, 0.6) is 5.75 Å². The van der Waals surface area contributed by atoms with Crippen LogP contribution in [0.1, 0.15) is 32.7 Å². The number of likely N-dealkylation sites (N-methyl/N-ethyl adjacent to an activating group) is 1. The molecule has 0 radical (unpaired) electrons. The Kier molecular flexibility index (Phi) is 6.25. The predicted octanol–water partition coefficient (Wildman–Crippen LogP) is 1.50. The van der Waals surface area contributed by atoms with E-state index in [1.54, 1.807) is 32.3 Å². The topological polar surface area (TPSA) is 172 Å². The first-order valence-electron chi connectivity index (χ1n) is 13.6. The maximum atomic E-state index is 14.0. The summed E-state index contributed by atoms with van der Waals surface area (Å²) in [5.74, 6) is -10.9.